The standard InChI is InChI=1S/C12H13BrClN5/c13-7-1-2-10(14)9(5-7)11-16-12(18-17-11)19-4-3-8(15)6-19/h1-2,5,8H,3-4,6,15H2,(H,16,17,18). The number of nitrogens with two attached hydrogens (primary N) is 1. The number of anilines is 1. The highest BCUT2D eigenvalue weighted by Crippen LogP contribution is 2.29. The molecule has 5 nitrogen and oxygen atoms in total. The van der Waals surface area contributed by atoms with Crippen LogP contribution in [0.4, 0.5) is 5.95 Å². The molecular formula is C12H13BrClN5. The van der Waals surface area contributed by atoms with E-state index in [-0.39, 0.29) is 6.04 Å². The predicted octanol–water partition coefficient (Wildman–Crippen LogP) is 2.42. The summed E-state index contributed by atoms with van der Waals surface area (Å²) in [5.74, 6) is 1.35. The lowest BCUT2D eigenvalue weighted by Gasteiger charge is -2.11. The molecule has 7 heteroatoms. The van der Waals surface area contributed by atoms with E-state index in [1.54, 1.807) is 0 Å². The molecule has 3 rings (SSSR count). The molecule has 1 aromatic heterocycles. The molecule has 0 radical (unpaired) electrons. The van der Waals surface area contributed by atoms with Gasteiger partial charge in [-0.25, -0.2) is 0 Å². The number of aromatic nitrogens is 3. The number of halogens is 2. The lowest BCUT2D eigenvalue weighted by atomic mass is 10.2. The summed E-state index contributed by atoms with van der Waals surface area (Å²) < 4.78 is 0.952. The molecule has 1 fully saturated rings. The third kappa shape index (κ3) is 2.61. The maximum Gasteiger partial charge on any atom is 0.245 e. The molecule has 1 atom stereocenters. The largest absolute Gasteiger partial charge is 0.338 e. The minimum Gasteiger partial charge on any atom is -0.338 e. The van der Waals surface area contributed by atoms with Crippen molar-refractivity contribution in [3.05, 3.63) is 27.7 Å². The van der Waals surface area contributed by atoms with E-state index in [1.807, 2.05) is 18.2 Å². The van der Waals surface area contributed by atoms with E-state index in [0.717, 1.165) is 29.5 Å². The number of H-pyrrole nitrogens is 1. The SMILES string of the molecule is NC1CCN(c2n[nH]c(-c3cc(Br)ccc3Cl)n2)C1. The zero-order valence-electron chi connectivity index (χ0n) is 10.1. The second-order valence-electron chi connectivity index (χ2n) is 4.60. The Hall–Kier alpha value is -1.11. The summed E-state index contributed by atoms with van der Waals surface area (Å²) in [4.78, 5) is 6.58. The molecule has 0 aliphatic carbocycles. The minimum atomic E-state index is 0.205. The fourth-order valence-corrected chi connectivity index (χ4v) is 2.73. The average molecular weight is 343 g/mol. The molecule has 100 valence electrons. The van der Waals surface area contributed by atoms with E-state index in [2.05, 4.69) is 36.0 Å². The molecule has 2 heterocycles. The van der Waals surface area contributed by atoms with Crippen LogP contribution in [0.25, 0.3) is 11.4 Å². The van der Waals surface area contributed by atoms with Crippen LogP contribution in [0.2, 0.25) is 5.02 Å². The van der Waals surface area contributed by atoms with E-state index < -0.39 is 0 Å². The van der Waals surface area contributed by atoms with Gasteiger partial charge in [-0.2, -0.15) is 4.98 Å². The summed E-state index contributed by atoms with van der Waals surface area (Å²) in [6.07, 6.45) is 0.974. The Balaban J connectivity index is 1.90. The van der Waals surface area contributed by atoms with Crippen LogP contribution in [-0.4, -0.2) is 34.3 Å². The number of nitrogens with one attached hydrogen (secondary N) is 1. The van der Waals surface area contributed by atoms with Gasteiger partial charge in [0.05, 0.1) is 5.02 Å². The topological polar surface area (TPSA) is 70.8 Å². The Kier molecular flexibility index (Phi) is 3.47. The molecule has 1 saturated heterocycles. The highest BCUT2D eigenvalue weighted by molar-refractivity contribution is 9.10. The Morgan fingerprint density at radius 3 is 3.05 bits per heavy atom. The normalized spacial score (nSPS) is 19.1. The molecule has 0 saturated carbocycles. The van der Waals surface area contributed by atoms with Crippen molar-refractivity contribution in [2.45, 2.75) is 12.5 Å². The first-order valence-electron chi connectivity index (χ1n) is 6.02. The summed E-state index contributed by atoms with van der Waals surface area (Å²) in [5.41, 5.74) is 6.72. The second-order valence-corrected chi connectivity index (χ2v) is 5.93. The molecule has 3 N–H and O–H groups in total. The van der Waals surface area contributed by atoms with Gasteiger partial charge in [-0.15, -0.1) is 5.10 Å². The number of hydrogen-bond donors (Lipinski definition) is 2. The van der Waals surface area contributed by atoms with Crippen LogP contribution in [0, 0.1) is 0 Å². The van der Waals surface area contributed by atoms with Gasteiger partial charge in [0.25, 0.3) is 0 Å². The molecule has 1 aromatic carbocycles. The smallest absolute Gasteiger partial charge is 0.245 e. The molecule has 0 bridgehead atoms. The number of benzene rings is 1. The van der Waals surface area contributed by atoms with Gasteiger partial charge in [-0.3, -0.25) is 5.10 Å². The minimum absolute atomic E-state index is 0.205. The van der Waals surface area contributed by atoms with Gasteiger partial charge >= 0.3 is 0 Å². The zero-order chi connectivity index (χ0) is 13.4. The molecule has 0 spiro atoms. The van der Waals surface area contributed by atoms with Crippen LogP contribution in [0.1, 0.15) is 6.42 Å². The van der Waals surface area contributed by atoms with Gasteiger partial charge < -0.3 is 10.6 Å². The van der Waals surface area contributed by atoms with Gasteiger partial charge in [0, 0.05) is 29.2 Å². The fraction of sp³-hybridized carbons (Fsp3) is 0.333. The molecule has 2 aromatic rings. The molecule has 19 heavy (non-hydrogen) atoms. The molecule has 1 aliphatic heterocycles. The van der Waals surface area contributed by atoms with Crippen LogP contribution in [0.15, 0.2) is 22.7 Å². The highest BCUT2D eigenvalue weighted by Gasteiger charge is 2.22. The first-order chi connectivity index (χ1) is 9.13. The summed E-state index contributed by atoms with van der Waals surface area (Å²) in [6.45, 7) is 1.69. The summed E-state index contributed by atoms with van der Waals surface area (Å²) in [5, 5.41) is 7.82. The third-order valence-electron chi connectivity index (χ3n) is 3.16. The molecule has 1 aliphatic rings. The number of aromatic amines is 1. The van der Waals surface area contributed by atoms with Crippen molar-refractivity contribution < 1.29 is 0 Å². The Morgan fingerprint density at radius 2 is 2.32 bits per heavy atom. The Morgan fingerprint density at radius 1 is 1.47 bits per heavy atom. The summed E-state index contributed by atoms with van der Waals surface area (Å²) in [7, 11) is 0. The molecule has 0 amide bonds. The van der Waals surface area contributed by atoms with Gasteiger partial charge in [-0.05, 0) is 24.6 Å². The third-order valence-corrected chi connectivity index (χ3v) is 3.99. The van der Waals surface area contributed by atoms with Crippen molar-refractivity contribution in [1.29, 1.82) is 0 Å². The maximum absolute atomic E-state index is 6.18. The maximum atomic E-state index is 6.18. The van der Waals surface area contributed by atoms with E-state index in [1.165, 1.54) is 0 Å². The van der Waals surface area contributed by atoms with Crippen LogP contribution < -0.4 is 10.6 Å². The predicted molar refractivity (Wildman–Crippen MR) is 79.3 cm³/mol. The van der Waals surface area contributed by atoms with E-state index >= 15 is 0 Å². The van der Waals surface area contributed by atoms with Crippen LogP contribution in [-0.2, 0) is 0 Å². The monoisotopic (exact) mass is 341 g/mol. The van der Waals surface area contributed by atoms with Gasteiger partial charge in [0.1, 0.15) is 0 Å². The van der Waals surface area contributed by atoms with Crippen molar-refractivity contribution in [3.8, 4) is 11.4 Å². The van der Waals surface area contributed by atoms with Crippen molar-refractivity contribution in [3.63, 3.8) is 0 Å². The van der Waals surface area contributed by atoms with Gasteiger partial charge in [0.2, 0.25) is 5.95 Å². The number of hydrogen-bond acceptors (Lipinski definition) is 4. The summed E-state index contributed by atoms with van der Waals surface area (Å²) >= 11 is 9.61. The number of nitrogens with zero attached hydrogens (tertiary/aromatic N) is 3. The van der Waals surface area contributed by atoms with Crippen LogP contribution >= 0.6 is 27.5 Å². The highest BCUT2D eigenvalue weighted by atomic mass is 79.9. The lowest BCUT2D eigenvalue weighted by Crippen LogP contribution is -2.26. The van der Waals surface area contributed by atoms with Crippen molar-refractivity contribution >= 4 is 33.5 Å². The Labute approximate surface area is 124 Å². The lowest BCUT2D eigenvalue weighted by molar-refractivity contribution is 0.750. The van der Waals surface area contributed by atoms with Crippen molar-refractivity contribution in [2.24, 2.45) is 5.73 Å². The van der Waals surface area contributed by atoms with Crippen molar-refractivity contribution in [2.75, 3.05) is 18.0 Å². The van der Waals surface area contributed by atoms with E-state index in [4.69, 9.17) is 17.3 Å². The fourth-order valence-electron chi connectivity index (χ4n) is 2.16. The Bertz CT molecular complexity index is 600. The average Bonchev–Trinajstić information content (AvgIpc) is 3.00. The van der Waals surface area contributed by atoms with Crippen LogP contribution in [0.3, 0.4) is 0 Å². The van der Waals surface area contributed by atoms with E-state index in [0.29, 0.717) is 16.8 Å². The van der Waals surface area contributed by atoms with Crippen LogP contribution in [0.5, 0.6) is 0 Å². The molecular weight excluding hydrogens is 330 g/mol. The van der Waals surface area contributed by atoms with Gasteiger partial charge in [-0.1, -0.05) is 27.5 Å². The second kappa shape index (κ2) is 5.11. The number of rotatable bonds is 2. The quantitative estimate of drug-likeness (QED) is 0.879. The van der Waals surface area contributed by atoms with Gasteiger partial charge in [0.15, 0.2) is 5.82 Å². The molecule has 1 unspecified atom stereocenters. The first-order valence-corrected chi connectivity index (χ1v) is 7.19. The van der Waals surface area contributed by atoms with Crippen molar-refractivity contribution in [1.82, 2.24) is 15.2 Å². The zero-order valence-corrected chi connectivity index (χ0v) is 12.4. The first kappa shape index (κ1) is 12.9. The summed E-state index contributed by atoms with van der Waals surface area (Å²) in [6, 6.07) is 5.84. The van der Waals surface area contributed by atoms with E-state index in [9.17, 15) is 0 Å².